The van der Waals surface area contributed by atoms with E-state index in [1.165, 1.54) is 18.7 Å². The van der Waals surface area contributed by atoms with E-state index in [2.05, 4.69) is 26.1 Å². The van der Waals surface area contributed by atoms with Crippen LogP contribution in [0, 0.1) is 6.92 Å². The highest BCUT2D eigenvalue weighted by Gasteiger charge is 2.55. The Bertz CT molecular complexity index is 1510. The number of pyridine rings is 1. The Morgan fingerprint density at radius 3 is 2.70 bits per heavy atom. The third-order valence-corrected chi connectivity index (χ3v) is 8.93. The zero-order chi connectivity index (χ0) is 31.4. The molecule has 4 rings (SSSR count). The lowest BCUT2D eigenvalue weighted by atomic mass is 10.0. The predicted octanol–water partition coefficient (Wildman–Crippen LogP) is 0.239. The predicted molar refractivity (Wildman–Crippen MR) is 160 cm³/mol. The maximum atomic E-state index is 13.2. The van der Waals surface area contributed by atoms with Crippen LogP contribution in [-0.2, 0) is 30.6 Å². The molecule has 2 amide bonds. The number of thioether (sulfide) groups is 1. The Hall–Kier alpha value is -3.93. The van der Waals surface area contributed by atoms with Gasteiger partial charge in [0.1, 0.15) is 27.1 Å². The van der Waals surface area contributed by atoms with Crippen molar-refractivity contribution in [1.82, 2.24) is 20.5 Å². The molecule has 0 aromatic carbocycles. The number of nitrogens with one attached hydrogen (secondary N) is 3. The molecule has 2 aliphatic rings. The van der Waals surface area contributed by atoms with Crippen molar-refractivity contribution in [3.63, 3.8) is 0 Å². The van der Waals surface area contributed by atoms with Crippen molar-refractivity contribution in [2.24, 2.45) is 5.16 Å². The number of carboxylic acid groups (broad SMARTS) is 2. The number of fused-ring (bicyclic) bond motifs is 1. The van der Waals surface area contributed by atoms with Crippen LogP contribution in [0.5, 0.6) is 0 Å². The van der Waals surface area contributed by atoms with Crippen molar-refractivity contribution in [2.45, 2.75) is 37.9 Å². The van der Waals surface area contributed by atoms with E-state index in [1.54, 1.807) is 0 Å². The summed E-state index contributed by atoms with van der Waals surface area (Å²) in [6.07, 6.45) is 2.33. The first-order valence-corrected chi connectivity index (χ1v) is 15.1. The second kappa shape index (κ2) is 13.6. The summed E-state index contributed by atoms with van der Waals surface area (Å²) in [5, 5.41) is 31.1. The lowest BCUT2D eigenvalue weighted by Gasteiger charge is -2.49. The molecule has 0 bridgehead atoms. The van der Waals surface area contributed by atoms with Crippen molar-refractivity contribution in [1.29, 1.82) is 0 Å². The fraction of sp³-hybridized carbons (Fsp3) is 0.400. The first kappa shape index (κ1) is 32.0. The van der Waals surface area contributed by atoms with Crippen LogP contribution >= 0.6 is 34.7 Å². The molecule has 43 heavy (non-hydrogen) atoms. The molecule has 2 aliphatic heterocycles. The number of oxime groups is 1. The molecule has 4 heterocycles. The number of nitrogens with zero attached hydrogens (tertiary/aromatic N) is 4. The molecular formula is C25H30ClN8O7S2+. The maximum absolute atomic E-state index is 13.2. The van der Waals surface area contributed by atoms with Gasteiger partial charge in [0.2, 0.25) is 6.10 Å². The van der Waals surface area contributed by atoms with E-state index in [9.17, 15) is 24.3 Å². The van der Waals surface area contributed by atoms with Gasteiger partial charge in [-0.05, 0) is 20.9 Å². The molecule has 0 spiro atoms. The molecule has 3 atom stereocenters. The number of amides is 2. The monoisotopic (exact) mass is 653 g/mol. The Morgan fingerprint density at radius 1 is 1.35 bits per heavy atom. The number of nitrogen functional groups attached to an aromatic ring is 1. The van der Waals surface area contributed by atoms with E-state index in [1.807, 2.05) is 37.0 Å². The SMILES string of the molecule is CNCCNc1cc[n+](CC2=C(C(=O)O)N3C(=O)C(NC(=O)/C(=N\O[C@@H](C)C(=O)O)c4nc(N)sc4Cl)C3SC2)cc1C. The average molecular weight is 654 g/mol. The van der Waals surface area contributed by atoms with Gasteiger partial charge in [0, 0.05) is 41.7 Å². The number of anilines is 2. The number of β-lactam (4-membered cyclic amide) rings is 1. The van der Waals surface area contributed by atoms with Crippen LogP contribution in [0.3, 0.4) is 0 Å². The molecule has 15 nitrogen and oxygen atoms in total. The number of rotatable bonds is 13. The minimum absolute atomic E-state index is 0.00170. The minimum atomic E-state index is -1.40. The summed E-state index contributed by atoms with van der Waals surface area (Å²) in [5.74, 6) is -3.85. The summed E-state index contributed by atoms with van der Waals surface area (Å²) in [5.41, 5.74) is 7.39. The number of aryl methyl sites for hydroxylation is 1. The van der Waals surface area contributed by atoms with Crippen LogP contribution in [0.1, 0.15) is 18.2 Å². The van der Waals surface area contributed by atoms with E-state index in [4.69, 9.17) is 27.3 Å². The van der Waals surface area contributed by atoms with Gasteiger partial charge in [0.25, 0.3) is 11.8 Å². The molecule has 1 saturated heterocycles. The zero-order valence-electron chi connectivity index (χ0n) is 23.3. The second-order valence-electron chi connectivity index (χ2n) is 9.56. The van der Waals surface area contributed by atoms with Gasteiger partial charge in [-0.2, -0.15) is 0 Å². The normalized spacial score (nSPS) is 18.9. The van der Waals surface area contributed by atoms with Crippen molar-refractivity contribution < 1.29 is 38.8 Å². The van der Waals surface area contributed by atoms with E-state index < -0.39 is 47.0 Å². The van der Waals surface area contributed by atoms with Gasteiger partial charge in [0.15, 0.2) is 29.8 Å². The van der Waals surface area contributed by atoms with Crippen LogP contribution in [0.4, 0.5) is 10.8 Å². The number of hydrogen-bond donors (Lipinski definition) is 6. The van der Waals surface area contributed by atoms with Gasteiger partial charge in [0.05, 0.1) is 0 Å². The van der Waals surface area contributed by atoms with Gasteiger partial charge in [-0.15, -0.1) is 11.8 Å². The number of carbonyl (C=O) groups excluding carboxylic acids is 2. The summed E-state index contributed by atoms with van der Waals surface area (Å²) in [7, 11) is 1.87. The van der Waals surface area contributed by atoms with Gasteiger partial charge < -0.3 is 36.7 Å². The number of aromatic nitrogens is 2. The average Bonchev–Trinajstić information content (AvgIpc) is 3.29. The Kier molecular flexibility index (Phi) is 10.1. The molecule has 230 valence electrons. The van der Waals surface area contributed by atoms with Crippen molar-refractivity contribution in [3.8, 4) is 0 Å². The molecule has 7 N–H and O–H groups in total. The van der Waals surface area contributed by atoms with Gasteiger partial charge in [-0.1, -0.05) is 28.1 Å². The minimum Gasteiger partial charge on any atom is -0.478 e. The number of carbonyl (C=O) groups is 4. The van der Waals surface area contributed by atoms with Crippen molar-refractivity contribution in [3.05, 3.63) is 45.3 Å². The fourth-order valence-corrected chi connectivity index (χ4v) is 6.61. The number of aliphatic carboxylic acids is 2. The van der Waals surface area contributed by atoms with Crippen LogP contribution in [0.15, 0.2) is 34.9 Å². The summed E-state index contributed by atoms with van der Waals surface area (Å²) >= 11 is 8.32. The first-order chi connectivity index (χ1) is 20.4. The van der Waals surface area contributed by atoms with E-state index in [-0.39, 0.29) is 27.4 Å². The van der Waals surface area contributed by atoms with Crippen molar-refractivity contribution >= 4 is 75.0 Å². The quantitative estimate of drug-likeness (QED) is 0.0564. The number of nitrogens with two attached hydrogens (primary N) is 1. The molecular weight excluding hydrogens is 624 g/mol. The molecule has 0 aliphatic carbocycles. The molecule has 2 aromatic heterocycles. The summed E-state index contributed by atoms with van der Waals surface area (Å²) in [6.45, 7) is 4.94. The van der Waals surface area contributed by atoms with Crippen LogP contribution in [0.25, 0.3) is 0 Å². The Morgan fingerprint density at radius 2 is 2.09 bits per heavy atom. The molecule has 2 unspecified atom stereocenters. The Labute approximate surface area is 259 Å². The zero-order valence-corrected chi connectivity index (χ0v) is 25.7. The molecule has 1 fully saturated rings. The van der Waals surface area contributed by atoms with E-state index >= 15 is 0 Å². The Balaban J connectivity index is 1.52. The van der Waals surface area contributed by atoms with Crippen LogP contribution < -0.4 is 26.3 Å². The highest BCUT2D eigenvalue weighted by atomic mass is 35.5. The molecule has 0 saturated carbocycles. The number of hydrogen-bond acceptors (Lipinski definition) is 12. The molecule has 2 aromatic rings. The van der Waals surface area contributed by atoms with Crippen molar-refractivity contribution in [2.75, 3.05) is 36.9 Å². The smallest absolute Gasteiger partial charge is 0.352 e. The highest BCUT2D eigenvalue weighted by Crippen LogP contribution is 2.40. The van der Waals surface area contributed by atoms with Crippen LogP contribution in [-0.4, -0.2) is 93.0 Å². The van der Waals surface area contributed by atoms with Gasteiger partial charge in [-0.3, -0.25) is 14.5 Å². The second-order valence-corrected chi connectivity index (χ2v) is 12.3. The molecule has 0 radical (unpaired) electrons. The number of likely N-dealkylation sites (N-methyl/N-ethyl adjacent to an activating group) is 1. The fourth-order valence-electron chi connectivity index (χ4n) is 4.35. The molecule has 18 heteroatoms. The summed E-state index contributed by atoms with van der Waals surface area (Å²) in [4.78, 5) is 60.0. The van der Waals surface area contributed by atoms with E-state index in [0.717, 1.165) is 40.6 Å². The largest absolute Gasteiger partial charge is 0.478 e. The van der Waals surface area contributed by atoms with E-state index in [0.29, 0.717) is 11.3 Å². The maximum Gasteiger partial charge on any atom is 0.352 e. The van der Waals surface area contributed by atoms with Gasteiger partial charge in [-0.25, -0.2) is 19.1 Å². The lowest BCUT2D eigenvalue weighted by molar-refractivity contribution is -0.689. The summed E-state index contributed by atoms with van der Waals surface area (Å²) < 4.78 is 1.85. The van der Waals surface area contributed by atoms with Gasteiger partial charge >= 0.3 is 11.9 Å². The third kappa shape index (κ3) is 7.01. The topological polar surface area (TPSA) is 212 Å². The summed E-state index contributed by atoms with van der Waals surface area (Å²) in [6, 6.07) is 0.816. The highest BCUT2D eigenvalue weighted by molar-refractivity contribution is 8.00. The van der Waals surface area contributed by atoms with Crippen LogP contribution in [0.2, 0.25) is 4.34 Å². The third-order valence-electron chi connectivity index (χ3n) is 6.51. The standard InChI is InChI=1S/C25H29ClN8O7S2/c1-11-8-33(7-4-14(11)29-6-5-28-3)9-13-10-42-22-17(21(36)34(22)18(13)24(39)40)30-20(35)16(32-41-12(2)23(37)38)15-19(26)43-25(27)31-15/h4,7-8,12,17,22,28H,5-6,9-10H2,1-3H3,(H5,27,30,31,35,37,38,39,40)/p+1/b32-16-/t12-,17?,22?/m0/s1. The number of carboxylic acids is 2. The number of halogens is 1. The lowest BCUT2D eigenvalue weighted by Crippen LogP contribution is -2.71. The first-order valence-electron chi connectivity index (χ1n) is 12.9. The number of thiazole rings is 1.